The van der Waals surface area contributed by atoms with Crippen LogP contribution in [0.25, 0.3) is 11.0 Å². The molecule has 0 bridgehead atoms. The quantitative estimate of drug-likeness (QED) is 0.351. The van der Waals surface area contributed by atoms with Gasteiger partial charge in [-0.1, -0.05) is 0 Å². The van der Waals surface area contributed by atoms with Crippen molar-refractivity contribution in [3.8, 4) is 0 Å². The second-order valence-corrected chi connectivity index (χ2v) is 12.2. The normalized spacial score (nSPS) is 18.3. The number of amides is 1. The summed E-state index contributed by atoms with van der Waals surface area (Å²) >= 11 is 0. The van der Waals surface area contributed by atoms with Crippen molar-refractivity contribution in [3.05, 3.63) is 47.5 Å². The van der Waals surface area contributed by atoms with E-state index in [1.54, 1.807) is 31.3 Å². The van der Waals surface area contributed by atoms with Crippen molar-refractivity contribution in [1.82, 2.24) is 25.1 Å². The van der Waals surface area contributed by atoms with E-state index in [1.165, 1.54) is 10.9 Å². The highest BCUT2D eigenvalue weighted by molar-refractivity contribution is 8.02. The number of alkyl halides is 2. The van der Waals surface area contributed by atoms with Gasteiger partial charge in [-0.2, -0.15) is 5.10 Å². The van der Waals surface area contributed by atoms with E-state index in [0.717, 1.165) is 0 Å². The van der Waals surface area contributed by atoms with Gasteiger partial charge in [0.1, 0.15) is 16.6 Å². The molecule has 1 aromatic carbocycles. The number of aryl methyl sites for hydroxylation is 1. The molecule has 3 aromatic rings. The number of imidazole rings is 1. The Morgan fingerprint density at radius 2 is 1.97 bits per heavy atom. The fourth-order valence-corrected chi connectivity index (χ4v) is 5.30. The summed E-state index contributed by atoms with van der Waals surface area (Å²) in [6.07, 6.45) is 1.54. The van der Waals surface area contributed by atoms with E-state index in [4.69, 9.17) is 5.41 Å². The lowest BCUT2D eigenvalue weighted by Gasteiger charge is -2.33. The third-order valence-electron chi connectivity index (χ3n) is 6.37. The Morgan fingerprint density at radius 1 is 1.29 bits per heavy atom. The van der Waals surface area contributed by atoms with Crippen molar-refractivity contribution in [1.29, 1.82) is 5.41 Å². The third kappa shape index (κ3) is 5.34. The molecular weight excluding hydrogens is 474 g/mol. The predicted octanol–water partition coefficient (Wildman–Crippen LogP) is 4.47. The molecule has 35 heavy (non-hydrogen) atoms. The van der Waals surface area contributed by atoms with E-state index in [9.17, 15) is 17.8 Å². The van der Waals surface area contributed by atoms with Crippen LogP contribution in [-0.4, -0.2) is 45.6 Å². The predicted molar refractivity (Wildman–Crippen MR) is 131 cm³/mol. The molecule has 11 heteroatoms. The smallest absolute Gasteiger partial charge is 0.270 e. The molecule has 0 radical (unpaired) electrons. The number of carbonyl (C=O) groups excluding carboxylic acids is 1. The topological polar surface area (TPSA) is 117 Å². The molecule has 0 aliphatic heterocycles. The Morgan fingerprint density at radius 3 is 2.57 bits per heavy atom. The van der Waals surface area contributed by atoms with Crippen molar-refractivity contribution in [3.63, 3.8) is 0 Å². The second kappa shape index (κ2) is 9.25. The number of aromatic nitrogens is 4. The maximum atomic E-state index is 13.9. The van der Waals surface area contributed by atoms with Crippen molar-refractivity contribution in [2.75, 3.05) is 0 Å². The third-order valence-corrected chi connectivity index (χ3v) is 8.09. The number of nitrogens with one attached hydrogen (secondary N) is 3. The minimum Gasteiger partial charge on any atom is -0.340 e. The Bertz CT molecular complexity index is 1280. The van der Waals surface area contributed by atoms with Gasteiger partial charge in [0.05, 0.1) is 27.9 Å². The molecule has 0 unspecified atom stereocenters. The Kier molecular flexibility index (Phi) is 6.65. The van der Waals surface area contributed by atoms with Gasteiger partial charge in [0.25, 0.3) is 5.91 Å². The zero-order valence-corrected chi connectivity index (χ0v) is 21.0. The molecule has 188 valence electrons. The number of rotatable bonds is 5. The van der Waals surface area contributed by atoms with Crippen molar-refractivity contribution in [2.45, 2.75) is 63.2 Å². The van der Waals surface area contributed by atoms with E-state index < -0.39 is 27.5 Å². The summed E-state index contributed by atoms with van der Waals surface area (Å²) in [5, 5.41) is 15.4. The molecule has 2 atom stereocenters. The van der Waals surface area contributed by atoms with Crippen LogP contribution in [0.2, 0.25) is 0 Å². The van der Waals surface area contributed by atoms with Gasteiger partial charge < -0.3 is 10.3 Å². The number of nitrogens with zero attached hydrogens (tertiary/aromatic N) is 3. The summed E-state index contributed by atoms with van der Waals surface area (Å²) in [4.78, 5) is 20.9. The first kappa shape index (κ1) is 25.2. The monoisotopic (exact) mass is 504 g/mol. The van der Waals surface area contributed by atoms with Gasteiger partial charge in [-0.05, 0) is 63.8 Å². The largest absolute Gasteiger partial charge is 0.340 e. The average molecular weight is 505 g/mol. The highest BCUT2D eigenvalue weighted by Gasteiger charge is 2.39. The van der Waals surface area contributed by atoms with Crippen LogP contribution in [0.1, 0.15) is 74.4 Å². The molecule has 1 fully saturated rings. The average Bonchev–Trinajstić information content (AvgIpc) is 3.41. The molecular formula is C24H30F2N6O2S. The molecule has 4 rings (SSSR count). The standard InChI is InChI=1S/C24H30F2N6O2S/c1-23(2,3)35(34)20(27)15-5-6-16-17(13-15)30-21(29-16)19(14-7-10-24(25,26)11-8-14)31-22(33)18-9-12-28-32(18)4/h5-6,9,12-14,19,27H,7-8,10-11H2,1-4H3,(H,29,30)(H,31,33)/t19-,35+/m0/s1. The fraction of sp³-hybridized carbons (Fsp3) is 0.500. The maximum absolute atomic E-state index is 13.9. The first-order valence-electron chi connectivity index (χ1n) is 11.5. The maximum Gasteiger partial charge on any atom is 0.270 e. The summed E-state index contributed by atoms with van der Waals surface area (Å²) in [5.41, 5.74) is 2.09. The molecule has 2 aromatic heterocycles. The first-order valence-corrected chi connectivity index (χ1v) is 12.7. The molecule has 8 nitrogen and oxygen atoms in total. The number of hydrogen-bond acceptors (Lipinski definition) is 5. The van der Waals surface area contributed by atoms with Crippen molar-refractivity contribution < 1.29 is 17.8 Å². The highest BCUT2D eigenvalue weighted by atomic mass is 32.2. The summed E-state index contributed by atoms with van der Waals surface area (Å²) < 4.78 is 41.3. The van der Waals surface area contributed by atoms with Crippen LogP contribution in [0.3, 0.4) is 0 Å². The zero-order valence-electron chi connectivity index (χ0n) is 20.2. The Hall–Kier alpha value is -2.95. The van der Waals surface area contributed by atoms with E-state index in [0.29, 0.717) is 28.1 Å². The molecule has 0 saturated heterocycles. The van der Waals surface area contributed by atoms with E-state index >= 15 is 0 Å². The molecule has 1 saturated carbocycles. The van der Waals surface area contributed by atoms with Gasteiger partial charge in [-0.15, -0.1) is 0 Å². The minimum atomic E-state index is -2.70. The fourth-order valence-electron chi connectivity index (χ4n) is 4.35. The highest BCUT2D eigenvalue weighted by Crippen LogP contribution is 2.41. The second-order valence-electron chi connectivity index (χ2n) is 10.0. The number of benzene rings is 1. The number of fused-ring (bicyclic) bond motifs is 1. The van der Waals surface area contributed by atoms with Crippen LogP contribution in [0.5, 0.6) is 0 Å². The number of halogens is 2. The van der Waals surface area contributed by atoms with Gasteiger partial charge in [0, 0.05) is 36.4 Å². The summed E-state index contributed by atoms with van der Waals surface area (Å²) in [5.74, 6) is -2.82. The molecule has 1 amide bonds. The van der Waals surface area contributed by atoms with Crippen LogP contribution in [0.4, 0.5) is 8.78 Å². The Balaban J connectivity index is 1.66. The first-order chi connectivity index (χ1) is 16.4. The van der Waals surface area contributed by atoms with E-state index in [-0.39, 0.29) is 42.6 Å². The van der Waals surface area contributed by atoms with Crippen molar-refractivity contribution >= 4 is 32.8 Å². The molecule has 1 aliphatic carbocycles. The lowest BCUT2D eigenvalue weighted by Crippen LogP contribution is -2.38. The van der Waals surface area contributed by atoms with Crippen molar-refractivity contribution in [2.24, 2.45) is 13.0 Å². The summed E-state index contributed by atoms with van der Waals surface area (Å²) in [6, 6.07) is 6.13. The lowest BCUT2D eigenvalue weighted by atomic mass is 9.81. The summed E-state index contributed by atoms with van der Waals surface area (Å²) in [7, 11) is 0.153. The van der Waals surface area contributed by atoms with E-state index in [2.05, 4.69) is 20.4 Å². The number of aromatic amines is 1. The molecule has 2 heterocycles. The Labute approximate surface area is 204 Å². The zero-order chi connectivity index (χ0) is 25.5. The lowest BCUT2D eigenvalue weighted by molar-refractivity contribution is -0.0496. The number of hydrogen-bond donors (Lipinski definition) is 3. The molecule has 3 N–H and O–H groups in total. The molecule has 1 aliphatic rings. The molecule has 0 spiro atoms. The van der Waals surface area contributed by atoms with E-state index in [1.807, 2.05) is 20.8 Å². The van der Waals surface area contributed by atoms with Crippen LogP contribution in [-0.2, 0) is 17.8 Å². The summed E-state index contributed by atoms with van der Waals surface area (Å²) in [6.45, 7) is 5.44. The van der Waals surface area contributed by atoms with Crippen LogP contribution in [0.15, 0.2) is 30.5 Å². The van der Waals surface area contributed by atoms with Gasteiger partial charge in [0.15, 0.2) is 0 Å². The van der Waals surface area contributed by atoms with Gasteiger partial charge >= 0.3 is 0 Å². The number of carbonyl (C=O) groups is 1. The SMILES string of the molecule is Cn1nccc1C(=O)N[C@H](c1nc2ccc(C(=N)[S@@](=O)C(C)(C)C)cc2[nH]1)C1CCC(F)(F)CC1. The van der Waals surface area contributed by atoms with Crippen LogP contribution in [0, 0.1) is 11.3 Å². The van der Waals surface area contributed by atoms with Gasteiger partial charge in [-0.25, -0.2) is 13.8 Å². The van der Waals surface area contributed by atoms with Gasteiger partial charge in [-0.3, -0.25) is 19.1 Å². The minimum absolute atomic E-state index is 0.0196. The van der Waals surface area contributed by atoms with Crippen LogP contribution < -0.4 is 5.32 Å². The van der Waals surface area contributed by atoms with Crippen LogP contribution >= 0.6 is 0 Å². The van der Waals surface area contributed by atoms with Gasteiger partial charge in [0.2, 0.25) is 5.92 Å². The number of H-pyrrole nitrogens is 1.